The molecular weight excluding hydrogens is 244 g/mol. The number of nitrogens with zero attached hydrogens (tertiary/aromatic N) is 1. The van der Waals surface area contributed by atoms with Crippen LogP contribution < -0.4 is 5.32 Å². The van der Waals surface area contributed by atoms with Gasteiger partial charge in [-0.1, -0.05) is 30.3 Å². The van der Waals surface area contributed by atoms with E-state index in [-0.39, 0.29) is 11.6 Å². The Morgan fingerprint density at radius 2 is 2.00 bits per heavy atom. The summed E-state index contributed by atoms with van der Waals surface area (Å²) in [7, 11) is 0. The molecule has 1 N–H and O–H groups in total. The van der Waals surface area contributed by atoms with E-state index in [9.17, 15) is 9.59 Å². The Morgan fingerprint density at radius 3 is 2.53 bits per heavy atom. The Bertz CT molecular complexity index is 529. The molecule has 0 heterocycles. The molecule has 0 aromatic heterocycles. The molecule has 0 aliphatic heterocycles. The van der Waals surface area contributed by atoms with Crippen LogP contribution >= 0.6 is 0 Å². The summed E-state index contributed by atoms with van der Waals surface area (Å²) in [5.74, 6) is -1.13. The van der Waals surface area contributed by atoms with Crippen LogP contribution in [0.2, 0.25) is 0 Å². The summed E-state index contributed by atoms with van der Waals surface area (Å²) in [6.45, 7) is 2.74. The van der Waals surface area contributed by atoms with Gasteiger partial charge in [0, 0.05) is 6.92 Å². The molecule has 0 bridgehead atoms. The van der Waals surface area contributed by atoms with Crippen molar-refractivity contribution in [1.82, 2.24) is 5.32 Å². The second-order valence-electron chi connectivity index (χ2n) is 3.83. The summed E-state index contributed by atoms with van der Waals surface area (Å²) in [5.41, 5.74) is 0.744. The number of rotatable bonds is 4. The highest BCUT2D eigenvalue weighted by atomic mass is 16.5. The van der Waals surface area contributed by atoms with E-state index in [1.807, 2.05) is 6.07 Å². The van der Waals surface area contributed by atoms with Crippen LogP contribution in [0, 0.1) is 11.3 Å². The number of nitriles is 1. The molecule has 0 spiro atoms. The van der Waals surface area contributed by atoms with Gasteiger partial charge in [0.15, 0.2) is 6.10 Å². The zero-order chi connectivity index (χ0) is 14.3. The largest absolute Gasteiger partial charge is 0.443 e. The molecule has 0 saturated heterocycles. The van der Waals surface area contributed by atoms with Crippen LogP contribution in [-0.4, -0.2) is 18.0 Å². The van der Waals surface area contributed by atoms with Crippen molar-refractivity contribution in [2.45, 2.75) is 20.0 Å². The number of esters is 1. The van der Waals surface area contributed by atoms with E-state index in [0.29, 0.717) is 0 Å². The normalized spacial score (nSPS) is 12.2. The maximum absolute atomic E-state index is 11.8. The average Bonchev–Trinajstić information content (AvgIpc) is 2.38. The van der Waals surface area contributed by atoms with E-state index >= 15 is 0 Å². The Morgan fingerprint density at radius 1 is 1.37 bits per heavy atom. The minimum atomic E-state index is -0.875. The molecule has 0 saturated carbocycles. The summed E-state index contributed by atoms with van der Waals surface area (Å²) >= 11 is 0. The van der Waals surface area contributed by atoms with E-state index in [1.54, 1.807) is 30.3 Å². The third-order valence-corrected chi connectivity index (χ3v) is 2.11. The van der Waals surface area contributed by atoms with Gasteiger partial charge in [-0.05, 0) is 18.6 Å². The Labute approximate surface area is 111 Å². The quantitative estimate of drug-likeness (QED) is 0.657. The lowest BCUT2D eigenvalue weighted by molar-refractivity contribution is -0.142. The lowest BCUT2D eigenvalue weighted by Gasteiger charge is -2.10. The zero-order valence-corrected chi connectivity index (χ0v) is 10.7. The molecule has 1 aromatic rings. The number of hydrogen-bond acceptors (Lipinski definition) is 4. The van der Waals surface area contributed by atoms with Crippen molar-refractivity contribution >= 4 is 18.0 Å². The average molecular weight is 258 g/mol. The van der Waals surface area contributed by atoms with Crippen LogP contribution in [0.15, 0.2) is 36.0 Å². The number of benzene rings is 1. The van der Waals surface area contributed by atoms with Crippen molar-refractivity contribution in [3.8, 4) is 6.07 Å². The Balaban J connectivity index is 2.95. The first-order valence-electron chi connectivity index (χ1n) is 5.68. The summed E-state index contributed by atoms with van der Waals surface area (Å²) in [6, 6.07) is 10.8. The minimum absolute atomic E-state index is 0.000741. The molecule has 1 rings (SSSR count). The standard InChI is InChI=1S/C14H14N2O3/c1-10(9-15)19-14(18)13(16-11(2)17)8-12-6-4-3-5-7-12/h3-8,10H,1-2H3,(H,16,17)/b13-8-/t10-/m1/s1. The highest BCUT2D eigenvalue weighted by Crippen LogP contribution is 2.07. The third kappa shape index (κ3) is 5.04. The van der Waals surface area contributed by atoms with Crippen LogP contribution in [0.5, 0.6) is 0 Å². The maximum atomic E-state index is 11.8. The van der Waals surface area contributed by atoms with E-state index in [4.69, 9.17) is 10.00 Å². The smallest absolute Gasteiger partial charge is 0.356 e. The molecule has 98 valence electrons. The van der Waals surface area contributed by atoms with Crippen molar-refractivity contribution in [3.63, 3.8) is 0 Å². The van der Waals surface area contributed by atoms with E-state index < -0.39 is 12.1 Å². The molecule has 0 radical (unpaired) electrons. The zero-order valence-electron chi connectivity index (χ0n) is 10.7. The van der Waals surface area contributed by atoms with Gasteiger partial charge in [0.1, 0.15) is 11.8 Å². The Hall–Kier alpha value is -2.61. The molecule has 1 aromatic carbocycles. The predicted octanol–water partition coefficient (Wildman–Crippen LogP) is 1.62. The molecule has 19 heavy (non-hydrogen) atoms. The lowest BCUT2D eigenvalue weighted by Crippen LogP contribution is -2.28. The first-order valence-corrected chi connectivity index (χ1v) is 5.68. The maximum Gasteiger partial charge on any atom is 0.356 e. The van der Waals surface area contributed by atoms with Crippen molar-refractivity contribution in [1.29, 1.82) is 5.26 Å². The van der Waals surface area contributed by atoms with Crippen LogP contribution in [0.1, 0.15) is 19.4 Å². The van der Waals surface area contributed by atoms with Crippen molar-refractivity contribution in [3.05, 3.63) is 41.6 Å². The number of ether oxygens (including phenoxy) is 1. The van der Waals surface area contributed by atoms with Crippen molar-refractivity contribution < 1.29 is 14.3 Å². The van der Waals surface area contributed by atoms with Gasteiger partial charge in [0.05, 0.1) is 0 Å². The van der Waals surface area contributed by atoms with Gasteiger partial charge >= 0.3 is 5.97 Å². The van der Waals surface area contributed by atoms with E-state index in [2.05, 4.69) is 5.32 Å². The molecule has 5 nitrogen and oxygen atoms in total. The topological polar surface area (TPSA) is 79.2 Å². The molecular formula is C14H14N2O3. The molecule has 0 aliphatic carbocycles. The van der Waals surface area contributed by atoms with Crippen LogP contribution in [-0.2, 0) is 14.3 Å². The summed E-state index contributed by atoms with van der Waals surface area (Å²) in [6.07, 6.45) is 0.619. The summed E-state index contributed by atoms with van der Waals surface area (Å²) in [4.78, 5) is 22.9. The second-order valence-corrected chi connectivity index (χ2v) is 3.83. The number of hydrogen-bond donors (Lipinski definition) is 1. The molecule has 0 unspecified atom stereocenters. The third-order valence-electron chi connectivity index (χ3n) is 2.11. The predicted molar refractivity (Wildman–Crippen MR) is 69.4 cm³/mol. The first-order chi connectivity index (χ1) is 9.02. The van der Waals surface area contributed by atoms with Gasteiger partial charge in [-0.15, -0.1) is 0 Å². The van der Waals surface area contributed by atoms with Gasteiger partial charge in [-0.2, -0.15) is 5.26 Å². The van der Waals surface area contributed by atoms with Crippen LogP contribution in [0.25, 0.3) is 6.08 Å². The SMILES string of the molecule is CC(=O)N/C(=C\c1ccccc1)C(=O)O[C@H](C)C#N. The van der Waals surface area contributed by atoms with Crippen LogP contribution in [0.4, 0.5) is 0 Å². The highest BCUT2D eigenvalue weighted by Gasteiger charge is 2.15. The highest BCUT2D eigenvalue weighted by molar-refractivity contribution is 5.97. The fraction of sp³-hybridized carbons (Fsp3) is 0.214. The monoisotopic (exact) mass is 258 g/mol. The van der Waals surface area contributed by atoms with Gasteiger partial charge < -0.3 is 10.1 Å². The summed E-state index contributed by atoms with van der Waals surface area (Å²) in [5, 5.41) is 11.0. The number of amides is 1. The van der Waals surface area contributed by atoms with Gasteiger partial charge in [0.2, 0.25) is 5.91 Å². The van der Waals surface area contributed by atoms with Gasteiger partial charge in [-0.3, -0.25) is 4.79 Å². The van der Waals surface area contributed by atoms with Gasteiger partial charge in [-0.25, -0.2) is 4.79 Å². The number of carbonyl (C=O) groups is 2. The fourth-order valence-electron chi connectivity index (χ4n) is 1.30. The van der Waals surface area contributed by atoms with Gasteiger partial charge in [0.25, 0.3) is 0 Å². The number of carbonyl (C=O) groups excluding carboxylic acids is 2. The number of nitrogens with one attached hydrogen (secondary N) is 1. The lowest BCUT2D eigenvalue weighted by atomic mass is 10.2. The molecule has 0 fully saturated rings. The fourth-order valence-corrected chi connectivity index (χ4v) is 1.30. The van der Waals surface area contributed by atoms with E-state index in [0.717, 1.165) is 5.56 Å². The minimum Gasteiger partial charge on any atom is -0.443 e. The van der Waals surface area contributed by atoms with Crippen LogP contribution in [0.3, 0.4) is 0 Å². The molecule has 5 heteroatoms. The van der Waals surface area contributed by atoms with E-state index in [1.165, 1.54) is 19.9 Å². The van der Waals surface area contributed by atoms with Crippen molar-refractivity contribution in [2.75, 3.05) is 0 Å². The molecule has 0 aliphatic rings. The second kappa shape index (κ2) is 6.97. The Kier molecular flexibility index (Phi) is 5.30. The molecule has 1 atom stereocenters. The van der Waals surface area contributed by atoms with Crippen molar-refractivity contribution in [2.24, 2.45) is 0 Å². The molecule has 1 amide bonds. The first kappa shape index (κ1) is 14.5. The summed E-state index contributed by atoms with van der Waals surface area (Å²) < 4.78 is 4.85.